The lowest BCUT2D eigenvalue weighted by molar-refractivity contribution is -0.126. The van der Waals surface area contributed by atoms with Crippen molar-refractivity contribution in [1.82, 2.24) is 5.32 Å². The quantitative estimate of drug-likeness (QED) is 0.762. The van der Waals surface area contributed by atoms with E-state index < -0.39 is 0 Å². The Morgan fingerprint density at radius 2 is 1.88 bits per heavy atom. The standard InChI is InChI=1S/C18H24N4O3/c19-12-5-7-13(8-6-12)20-16(23)9-10-18(25)22-11-17(24)21-14-3-1-2-4-15(14)22/h1-4,12-13H,5-11,19H2,(H,20,23)(H,21,24). The van der Waals surface area contributed by atoms with Crippen molar-refractivity contribution >= 4 is 29.1 Å². The minimum absolute atomic E-state index is 0.0159. The fourth-order valence-corrected chi connectivity index (χ4v) is 3.37. The number of nitrogens with two attached hydrogens (primary N) is 1. The third kappa shape index (κ3) is 4.36. The molecule has 1 aromatic rings. The first-order chi connectivity index (χ1) is 12.0. The van der Waals surface area contributed by atoms with Crippen LogP contribution >= 0.6 is 0 Å². The van der Waals surface area contributed by atoms with Crippen LogP contribution in [0.3, 0.4) is 0 Å². The maximum absolute atomic E-state index is 12.5. The fraction of sp³-hybridized carbons (Fsp3) is 0.500. The number of para-hydroxylation sites is 2. The molecular weight excluding hydrogens is 320 g/mol. The minimum Gasteiger partial charge on any atom is -0.353 e. The number of fused-ring (bicyclic) bond motifs is 1. The Kier molecular flexibility index (Phi) is 5.33. The monoisotopic (exact) mass is 344 g/mol. The van der Waals surface area contributed by atoms with Gasteiger partial charge in [-0.2, -0.15) is 0 Å². The highest BCUT2D eigenvalue weighted by atomic mass is 16.2. The van der Waals surface area contributed by atoms with E-state index in [0.717, 1.165) is 25.7 Å². The molecule has 0 unspecified atom stereocenters. The number of amides is 3. The van der Waals surface area contributed by atoms with Gasteiger partial charge < -0.3 is 21.3 Å². The Bertz CT molecular complexity index is 668. The minimum atomic E-state index is -0.227. The van der Waals surface area contributed by atoms with Gasteiger partial charge in [0.2, 0.25) is 17.7 Å². The van der Waals surface area contributed by atoms with E-state index in [2.05, 4.69) is 10.6 Å². The van der Waals surface area contributed by atoms with Crippen molar-refractivity contribution in [1.29, 1.82) is 0 Å². The van der Waals surface area contributed by atoms with Gasteiger partial charge in [0.25, 0.3) is 0 Å². The molecule has 1 aliphatic heterocycles. The number of anilines is 2. The average molecular weight is 344 g/mol. The molecule has 1 saturated carbocycles. The maximum atomic E-state index is 12.5. The molecule has 0 atom stereocenters. The molecule has 134 valence electrons. The highest BCUT2D eigenvalue weighted by Crippen LogP contribution is 2.29. The number of nitrogens with one attached hydrogen (secondary N) is 2. The van der Waals surface area contributed by atoms with Crippen LogP contribution in [0.25, 0.3) is 0 Å². The van der Waals surface area contributed by atoms with Gasteiger partial charge in [-0.05, 0) is 37.8 Å². The summed E-state index contributed by atoms with van der Waals surface area (Å²) in [6.07, 6.45) is 3.83. The number of carbonyl (C=O) groups excluding carboxylic acids is 3. The second-order valence-corrected chi connectivity index (χ2v) is 6.72. The van der Waals surface area contributed by atoms with E-state index in [1.54, 1.807) is 18.2 Å². The molecule has 0 spiro atoms. The second kappa shape index (κ2) is 7.65. The van der Waals surface area contributed by atoms with Gasteiger partial charge in [-0.1, -0.05) is 12.1 Å². The maximum Gasteiger partial charge on any atom is 0.244 e. The van der Waals surface area contributed by atoms with Gasteiger partial charge >= 0.3 is 0 Å². The number of nitrogens with zero attached hydrogens (tertiary/aromatic N) is 1. The van der Waals surface area contributed by atoms with Crippen molar-refractivity contribution in [3.63, 3.8) is 0 Å². The number of benzene rings is 1. The highest BCUT2D eigenvalue weighted by Gasteiger charge is 2.27. The first kappa shape index (κ1) is 17.4. The lowest BCUT2D eigenvalue weighted by atomic mass is 9.92. The average Bonchev–Trinajstić information content (AvgIpc) is 2.61. The fourth-order valence-electron chi connectivity index (χ4n) is 3.37. The second-order valence-electron chi connectivity index (χ2n) is 6.72. The van der Waals surface area contributed by atoms with Gasteiger partial charge in [-0.3, -0.25) is 14.4 Å². The first-order valence-electron chi connectivity index (χ1n) is 8.77. The molecule has 7 nitrogen and oxygen atoms in total. The van der Waals surface area contributed by atoms with Gasteiger partial charge in [-0.25, -0.2) is 0 Å². The van der Waals surface area contributed by atoms with Crippen LogP contribution < -0.4 is 21.3 Å². The first-order valence-corrected chi connectivity index (χ1v) is 8.77. The molecule has 25 heavy (non-hydrogen) atoms. The summed E-state index contributed by atoms with van der Waals surface area (Å²) in [7, 11) is 0. The Hall–Kier alpha value is -2.41. The third-order valence-corrected chi connectivity index (χ3v) is 4.77. The van der Waals surface area contributed by atoms with Crippen molar-refractivity contribution in [3.8, 4) is 0 Å². The summed E-state index contributed by atoms with van der Waals surface area (Å²) in [6.45, 7) is -0.0159. The molecule has 2 aliphatic rings. The Balaban J connectivity index is 1.52. The largest absolute Gasteiger partial charge is 0.353 e. The lowest BCUT2D eigenvalue weighted by Crippen LogP contribution is -2.43. The van der Waals surface area contributed by atoms with Crippen LogP contribution in [0.4, 0.5) is 11.4 Å². The van der Waals surface area contributed by atoms with Crippen LogP contribution in [-0.2, 0) is 14.4 Å². The van der Waals surface area contributed by atoms with Crippen molar-refractivity contribution < 1.29 is 14.4 Å². The van der Waals surface area contributed by atoms with Gasteiger partial charge in [-0.15, -0.1) is 0 Å². The molecule has 3 rings (SSSR count). The molecule has 1 fully saturated rings. The molecule has 4 N–H and O–H groups in total. The smallest absolute Gasteiger partial charge is 0.244 e. The predicted molar refractivity (Wildman–Crippen MR) is 95.0 cm³/mol. The van der Waals surface area contributed by atoms with Crippen LogP contribution in [0.15, 0.2) is 24.3 Å². The summed E-state index contributed by atoms with van der Waals surface area (Å²) in [5, 5.41) is 5.73. The van der Waals surface area contributed by atoms with E-state index in [1.807, 2.05) is 6.07 Å². The molecule has 3 amide bonds. The van der Waals surface area contributed by atoms with E-state index in [-0.39, 0.29) is 49.2 Å². The molecule has 1 aliphatic carbocycles. The van der Waals surface area contributed by atoms with Crippen molar-refractivity contribution in [2.45, 2.75) is 50.6 Å². The predicted octanol–water partition coefficient (Wildman–Crippen LogP) is 1.14. The molecule has 1 heterocycles. The van der Waals surface area contributed by atoms with Gasteiger partial charge in [0.15, 0.2) is 0 Å². The zero-order chi connectivity index (χ0) is 17.8. The van der Waals surface area contributed by atoms with E-state index in [9.17, 15) is 14.4 Å². The van der Waals surface area contributed by atoms with Crippen LogP contribution in [0, 0.1) is 0 Å². The van der Waals surface area contributed by atoms with Gasteiger partial charge in [0.1, 0.15) is 6.54 Å². The summed E-state index contributed by atoms with van der Waals surface area (Å²) in [4.78, 5) is 37.8. The molecule has 0 saturated heterocycles. The molecule has 1 aromatic carbocycles. The number of carbonyl (C=O) groups is 3. The topological polar surface area (TPSA) is 105 Å². The SMILES string of the molecule is NC1CCC(NC(=O)CCC(=O)N2CC(=O)Nc3ccccc32)CC1. The highest BCUT2D eigenvalue weighted by molar-refractivity contribution is 6.10. The van der Waals surface area contributed by atoms with E-state index in [4.69, 9.17) is 5.73 Å². The molecule has 0 bridgehead atoms. The third-order valence-electron chi connectivity index (χ3n) is 4.77. The number of rotatable bonds is 4. The normalized spacial score (nSPS) is 22.8. The number of hydrogen-bond acceptors (Lipinski definition) is 4. The Labute approximate surface area is 146 Å². The van der Waals surface area contributed by atoms with Crippen LogP contribution in [0.2, 0.25) is 0 Å². The summed E-state index contributed by atoms with van der Waals surface area (Å²) >= 11 is 0. The van der Waals surface area contributed by atoms with Crippen molar-refractivity contribution in [2.75, 3.05) is 16.8 Å². The molecule has 7 heteroatoms. The Morgan fingerprint density at radius 3 is 2.64 bits per heavy atom. The van der Waals surface area contributed by atoms with E-state index >= 15 is 0 Å². The van der Waals surface area contributed by atoms with Gasteiger partial charge in [0, 0.05) is 24.9 Å². The van der Waals surface area contributed by atoms with E-state index in [1.165, 1.54) is 4.90 Å². The lowest BCUT2D eigenvalue weighted by Gasteiger charge is -2.29. The van der Waals surface area contributed by atoms with Crippen LogP contribution in [-0.4, -0.2) is 36.3 Å². The number of hydrogen-bond donors (Lipinski definition) is 3. The Morgan fingerprint density at radius 1 is 1.16 bits per heavy atom. The van der Waals surface area contributed by atoms with Crippen molar-refractivity contribution in [3.05, 3.63) is 24.3 Å². The molecule has 0 radical (unpaired) electrons. The van der Waals surface area contributed by atoms with Gasteiger partial charge in [0.05, 0.1) is 11.4 Å². The van der Waals surface area contributed by atoms with Crippen LogP contribution in [0.5, 0.6) is 0 Å². The van der Waals surface area contributed by atoms with Crippen molar-refractivity contribution in [2.24, 2.45) is 5.73 Å². The molecular formula is C18H24N4O3. The summed E-state index contributed by atoms with van der Waals surface area (Å²) in [6, 6.07) is 7.56. The van der Waals surface area contributed by atoms with Crippen LogP contribution in [0.1, 0.15) is 38.5 Å². The summed E-state index contributed by atoms with van der Waals surface area (Å²) in [5.74, 6) is -0.568. The zero-order valence-electron chi connectivity index (χ0n) is 14.2. The van der Waals surface area contributed by atoms with E-state index in [0.29, 0.717) is 11.4 Å². The zero-order valence-corrected chi connectivity index (χ0v) is 14.2. The molecule has 0 aromatic heterocycles. The summed E-state index contributed by atoms with van der Waals surface area (Å²) in [5.41, 5.74) is 7.16. The summed E-state index contributed by atoms with van der Waals surface area (Å²) < 4.78 is 0.